The highest BCUT2D eigenvalue weighted by Gasteiger charge is 2.23. The van der Waals surface area contributed by atoms with Crippen molar-refractivity contribution in [1.82, 2.24) is 0 Å². The van der Waals surface area contributed by atoms with Crippen molar-refractivity contribution < 1.29 is 9.80 Å². The minimum absolute atomic E-state index is 0.828. The van der Waals surface area contributed by atoms with Gasteiger partial charge in [-0.3, -0.25) is 0 Å². The van der Waals surface area contributed by atoms with Gasteiger partial charge >= 0.3 is 0 Å². The van der Waals surface area contributed by atoms with Crippen molar-refractivity contribution in [1.29, 1.82) is 5.26 Å². The Balaban J connectivity index is 1.53. The Kier molecular flexibility index (Phi) is 5.07. The van der Waals surface area contributed by atoms with Crippen LogP contribution >= 0.6 is 0 Å². The number of nitrogens with zero attached hydrogens (tertiary/aromatic N) is 1. The van der Waals surface area contributed by atoms with Gasteiger partial charge in [0.15, 0.2) is 0 Å². The second-order valence-electron chi connectivity index (χ2n) is 6.61. The Hall–Kier alpha value is -2.15. The number of hydrogen-bond acceptors (Lipinski definition) is 1. The molecule has 2 aromatic carbocycles. The van der Waals surface area contributed by atoms with Crippen LogP contribution in [0.3, 0.4) is 0 Å². The minimum Gasteiger partial charge on any atom is -0.322 e. The summed E-state index contributed by atoms with van der Waals surface area (Å²) in [4.78, 5) is 3.27. The van der Waals surface area contributed by atoms with E-state index in [-0.39, 0.29) is 0 Å². The average molecular weight is 307 g/mol. The molecule has 23 heavy (non-hydrogen) atoms. The van der Waals surface area contributed by atoms with Crippen LogP contribution in [-0.2, 0) is 13.1 Å². The third-order valence-electron chi connectivity index (χ3n) is 4.78. The zero-order valence-corrected chi connectivity index (χ0v) is 13.8. The molecule has 1 saturated heterocycles. The summed E-state index contributed by atoms with van der Waals surface area (Å²) in [5.41, 5.74) is 4.80. The predicted molar refractivity (Wildman–Crippen MR) is 91.1 cm³/mol. The van der Waals surface area contributed by atoms with Crippen molar-refractivity contribution in [3.05, 3.63) is 70.8 Å². The van der Waals surface area contributed by atoms with Crippen molar-refractivity contribution in [2.45, 2.75) is 20.0 Å². The van der Waals surface area contributed by atoms with Crippen molar-refractivity contribution in [2.24, 2.45) is 0 Å². The highest BCUT2D eigenvalue weighted by Crippen LogP contribution is 2.05. The van der Waals surface area contributed by atoms with Crippen LogP contribution in [0, 0.1) is 18.3 Å². The normalized spacial score (nSPS) is 20.9. The molecule has 0 amide bonds. The Labute approximate surface area is 138 Å². The molecule has 1 heterocycles. The van der Waals surface area contributed by atoms with E-state index in [0.29, 0.717) is 0 Å². The van der Waals surface area contributed by atoms with Crippen molar-refractivity contribution in [3.8, 4) is 6.07 Å². The first kappa shape index (κ1) is 15.7. The van der Waals surface area contributed by atoms with Gasteiger partial charge in [0, 0.05) is 11.1 Å². The fourth-order valence-electron chi connectivity index (χ4n) is 3.47. The van der Waals surface area contributed by atoms with Gasteiger partial charge in [0.25, 0.3) is 0 Å². The van der Waals surface area contributed by atoms with Gasteiger partial charge in [-0.1, -0.05) is 48.0 Å². The molecule has 3 nitrogen and oxygen atoms in total. The second-order valence-corrected chi connectivity index (χ2v) is 6.61. The quantitative estimate of drug-likeness (QED) is 0.839. The van der Waals surface area contributed by atoms with Crippen LogP contribution in [0.5, 0.6) is 0 Å². The van der Waals surface area contributed by atoms with Crippen molar-refractivity contribution in [3.63, 3.8) is 0 Å². The maximum atomic E-state index is 9.21. The SMILES string of the molecule is Cc1cccc(C[NH+]2CC[NH+](Cc3ccccc3C#N)CC2)c1. The molecule has 3 rings (SSSR count). The zero-order chi connectivity index (χ0) is 16.1. The molecule has 118 valence electrons. The fourth-order valence-corrected chi connectivity index (χ4v) is 3.47. The maximum Gasteiger partial charge on any atom is 0.127 e. The van der Waals surface area contributed by atoms with E-state index in [9.17, 15) is 5.26 Å². The summed E-state index contributed by atoms with van der Waals surface area (Å²) < 4.78 is 0. The van der Waals surface area contributed by atoms with Crippen LogP contribution in [0.1, 0.15) is 22.3 Å². The molecule has 3 heteroatoms. The second kappa shape index (κ2) is 7.41. The number of nitrogens with one attached hydrogen (secondary N) is 2. The highest BCUT2D eigenvalue weighted by molar-refractivity contribution is 5.36. The molecule has 0 radical (unpaired) electrons. The van der Waals surface area contributed by atoms with E-state index in [4.69, 9.17) is 0 Å². The van der Waals surface area contributed by atoms with Gasteiger partial charge in [0.1, 0.15) is 39.3 Å². The molecule has 0 spiro atoms. The van der Waals surface area contributed by atoms with Crippen molar-refractivity contribution >= 4 is 0 Å². The number of rotatable bonds is 4. The van der Waals surface area contributed by atoms with E-state index >= 15 is 0 Å². The molecule has 0 saturated carbocycles. The fraction of sp³-hybridized carbons (Fsp3) is 0.350. The number of piperazine rings is 1. The van der Waals surface area contributed by atoms with Crippen LogP contribution < -0.4 is 9.80 Å². The third-order valence-corrected chi connectivity index (χ3v) is 4.78. The summed E-state index contributed by atoms with van der Waals surface area (Å²) in [7, 11) is 0. The van der Waals surface area contributed by atoms with Gasteiger partial charge < -0.3 is 9.80 Å². The summed E-state index contributed by atoms with van der Waals surface area (Å²) in [5.74, 6) is 0. The molecular weight excluding hydrogens is 282 g/mol. The monoisotopic (exact) mass is 307 g/mol. The number of nitriles is 1. The lowest BCUT2D eigenvalue weighted by molar-refractivity contribution is -1.02. The van der Waals surface area contributed by atoms with Gasteiger partial charge in [-0.05, 0) is 13.0 Å². The summed E-state index contributed by atoms with van der Waals surface area (Å²) in [6.07, 6.45) is 0. The number of benzene rings is 2. The molecule has 2 N–H and O–H groups in total. The van der Waals surface area contributed by atoms with E-state index in [0.717, 1.165) is 18.7 Å². The summed E-state index contributed by atoms with van der Waals surface area (Å²) >= 11 is 0. The molecule has 1 aliphatic heterocycles. The molecule has 0 bridgehead atoms. The van der Waals surface area contributed by atoms with E-state index in [1.165, 1.54) is 42.9 Å². The molecule has 0 atom stereocenters. The van der Waals surface area contributed by atoms with Gasteiger partial charge in [-0.25, -0.2) is 0 Å². The van der Waals surface area contributed by atoms with Gasteiger partial charge in [0.05, 0.1) is 11.6 Å². The van der Waals surface area contributed by atoms with Crippen LogP contribution in [0.15, 0.2) is 48.5 Å². The standard InChI is InChI=1S/C20H23N3/c1-17-5-4-6-18(13-17)15-22-9-11-23(12-10-22)16-20-8-3-2-7-19(20)14-21/h2-8,13H,9-12,15-16H2,1H3/p+2. The maximum absolute atomic E-state index is 9.21. The van der Waals surface area contributed by atoms with E-state index in [2.05, 4.69) is 43.3 Å². The first-order valence-corrected chi connectivity index (χ1v) is 8.45. The Morgan fingerprint density at radius 3 is 2.30 bits per heavy atom. The predicted octanol–water partition coefficient (Wildman–Crippen LogP) is 0.350. The lowest BCUT2D eigenvalue weighted by Crippen LogP contribution is -3.27. The minimum atomic E-state index is 0.828. The van der Waals surface area contributed by atoms with Crippen LogP contribution in [0.2, 0.25) is 0 Å². The van der Waals surface area contributed by atoms with E-state index in [1.54, 1.807) is 9.80 Å². The van der Waals surface area contributed by atoms with Crippen LogP contribution in [0.4, 0.5) is 0 Å². The summed E-state index contributed by atoms with van der Waals surface area (Å²) in [5, 5.41) is 9.21. The van der Waals surface area contributed by atoms with E-state index in [1.807, 2.05) is 18.2 Å². The molecule has 0 aliphatic carbocycles. The lowest BCUT2D eigenvalue weighted by atomic mass is 10.1. The molecule has 1 fully saturated rings. The lowest BCUT2D eigenvalue weighted by Gasteiger charge is -2.30. The third kappa shape index (κ3) is 4.19. The van der Waals surface area contributed by atoms with Gasteiger partial charge in [0.2, 0.25) is 0 Å². The molecule has 1 aliphatic rings. The van der Waals surface area contributed by atoms with Crippen LogP contribution in [-0.4, -0.2) is 26.2 Å². The number of aryl methyl sites for hydroxylation is 1. The molecule has 0 aromatic heterocycles. The first-order valence-electron chi connectivity index (χ1n) is 8.45. The molecule has 2 aromatic rings. The molecular formula is C20H25N3+2. The highest BCUT2D eigenvalue weighted by atomic mass is 15.3. The Morgan fingerprint density at radius 1 is 0.913 bits per heavy atom. The van der Waals surface area contributed by atoms with Gasteiger partial charge in [-0.2, -0.15) is 5.26 Å². The first-order chi connectivity index (χ1) is 11.2. The topological polar surface area (TPSA) is 32.7 Å². The number of quaternary nitrogens is 2. The Bertz CT molecular complexity index is 694. The smallest absolute Gasteiger partial charge is 0.127 e. The van der Waals surface area contributed by atoms with E-state index < -0.39 is 0 Å². The zero-order valence-electron chi connectivity index (χ0n) is 13.8. The summed E-state index contributed by atoms with van der Waals surface area (Å²) in [6, 6.07) is 19.2. The van der Waals surface area contributed by atoms with Crippen LogP contribution in [0.25, 0.3) is 0 Å². The largest absolute Gasteiger partial charge is 0.322 e. The Morgan fingerprint density at radius 2 is 1.61 bits per heavy atom. The average Bonchev–Trinajstić information content (AvgIpc) is 2.57. The van der Waals surface area contributed by atoms with Gasteiger partial charge in [-0.15, -0.1) is 0 Å². The van der Waals surface area contributed by atoms with Crippen molar-refractivity contribution in [2.75, 3.05) is 26.2 Å². The summed E-state index contributed by atoms with van der Waals surface area (Å²) in [6.45, 7) is 9.04. The molecule has 0 unspecified atom stereocenters. The number of hydrogen-bond donors (Lipinski definition) is 2.